The lowest BCUT2D eigenvalue weighted by molar-refractivity contribution is -0.152. The molecular weight excluding hydrogens is 362 g/mol. The van der Waals surface area contributed by atoms with Gasteiger partial charge in [-0.3, -0.25) is 9.69 Å². The minimum atomic E-state index is -1.41. The van der Waals surface area contributed by atoms with Crippen molar-refractivity contribution in [3.8, 4) is 0 Å². The van der Waals surface area contributed by atoms with Crippen molar-refractivity contribution in [3.05, 3.63) is 23.2 Å². The number of piperidine rings is 1. The van der Waals surface area contributed by atoms with E-state index in [1.54, 1.807) is 6.92 Å². The molecule has 3 aliphatic heterocycles. The van der Waals surface area contributed by atoms with E-state index in [2.05, 4.69) is 15.5 Å². The van der Waals surface area contributed by atoms with Crippen molar-refractivity contribution in [1.29, 1.82) is 0 Å². The van der Waals surface area contributed by atoms with Gasteiger partial charge in [0, 0.05) is 23.0 Å². The smallest absolute Gasteiger partial charge is 0.449 e. The van der Waals surface area contributed by atoms with E-state index >= 15 is 0 Å². The molecule has 0 aromatic carbocycles. The standard InChI is InChI=1S/C15H19N5O5S/c1-6-18-12(25-19-6)9(16)5-26-4-8-7-2-3-17-10-11(7)20(13(10)21)14(8)24-15(22)23/h7,9-11,17H,2-5,16H2,1H3,(H,22,23)/t7?,9-,10-,11+/m0/s1. The largest absolute Gasteiger partial charge is 0.512 e. The van der Waals surface area contributed by atoms with Gasteiger partial charge >= 0.3 is 6.16 Å². The number of aryl methyl sites for hydroxylation is 1. The quantitative estimate of drug-likeness (QED) is 0.462. The summed E-state index contributed by atoms with van der Waals surface area (Å²) in [6.07, 6.45) is -0.578. The first-order chi connectivity index (χ1) is 12.5. The molecule has 3 aliphatic rings. The number of nitrogens with zero attached hydrogens (tertiary/aromatic N) is 3. The van der Waals surface area contributed by atoms with Gasteiger partial charge in [0.15, 0.2) is 5.82 Å². The van der Waals surface area contributed by atoms with Gasteiger partial charge in [-0.15, -0.1) is 0 Å². The summed E-state index contributed by atoms with van der Waals surface area (Å²) in [5.41, 5.74) is 6.92. The number of thioether (sulfide) groups is 1. The summed E-state index contributed by atoms with van der Waals surface area (Å²) in [5, 5.41) is 16.0. The van der Waals surface area contributed by atoms with Crippen molar-refractivity contribution in [3.63, 3.8) is 0 Å². The minimum Gasteiger partial charge on any atom is -0.449 e. The van der Waals surface area contributed by atoms with Gasteiger partial charge in [0.25, 0.3) is 0 Å². The van der Waals surface area contributed by atoms with E-state index in [9.17, 15) is 9.59 Å². The maximum atomic E-state index is 12.3. The molecule has 1 aromatic rings. The fourth-order valence-corrected chi connectivity index (χ4v) is 4.89. The maximum absolute atomic E-state index is 12.3. The predicted molar refractivity (Wildman–Crippen MR) is 90.0 cm³/mol. The Hall–Kier alpha value is -2.11. The molecule has 26 heavy (non-hydrogen) atoms. The molecule has 11 heteroatoms. The number of rotatable bonds is 6. The van der Waals surface area contributed by atoms with Crippen molar-refractivity contribution in [1.82, 2.24) is 20.4 Å². The molecule has 1 aromatic heterocycles. The zero-order valence-corrected chi connectivity index (χ0v) is 14.9. The molecule has 0 bridgehead atoms. The highest BCUT2D eigenvalue weighted by Crippen LogP contribution is 2.47. The van der Waals surface area contributed by atoms with E-state index in [0.29, 0.717) is 23.2 Å². The number of ether oxygens (including phenoxy) is 1. The molecule has 0 aliphatic carbocycles. The topological polar surface area (TPSA) is 144 Å². The van der Waals surface area contributed by atoms with Gasteiger partial charge in [0.2, 0.25) is 17.7 Å². The van der Waals surface area contributed by atoms with Crippen molar-refractivity contribution in [2.45, 2.75) is 31.5 Å². The van der Waals surface area contributed by atoms with Crippen molar-refractivity contribution >= 4 is 23.8 Å². The monoisotopic (exact) mass is 381 g/mol. The number of hydrogen-bond donors (Lipinski definition) is 3. The van der Waals surface area contributed by atoms with Crippen LogP contribution >= 0.6 is 11.8 Å². The van der Waals surface area contributed by atoms with Gasteiger partial charge in [0.05, 0.1) is 12.1 Å². The van der Waals surface area contributed by atoms with Crippen LogP contribution in [0.25, 0.3) is 0 Å². The zero-order chi connectivity index (χ0) is 18.4. The summed E-state index contributed by atoms with van der Waals surface area (Å²) in [5.74, 6) is 2.11. The Labute approximate surface area is 153 Å². The highest BCUT2D eigenvalue weighted by Gasteiger charge is 2.60. The zero-order valence-electron chi connectivity index (χ0n) is 14.0. The summed E-state index contributed by atoms with van der Waals surface area (Å²) in [7, 11) is 0. The van der Waals surface area contributed by atoms with Gasteiger partial charge in [-0.1, -0.05) is 5.16 Å². The molecule has 0 spiro atoms. The van der Waals surface area contributed by atoms with Crippen LogP contribution in [-0.4, -0.2) is 62.3 Å². The van der Waals surface area contributed by atoms with Crippen LogP contribution in [0.5, 0.6) is 0 Å². The van der Waals surface area contributed by atoms with E-state index in [-0.39, 0.29) is 29.8 Å². The summed E-state index contributed by atoms with van der Waals surface area (Å²) in [6.45, 7) is 2.45. The second-order valence-electron chi connectivity index (χ2n) is 6.53. The fraction of sp³-hybridized carbons (Fsp3) is 0.600. The summed E-state index contributed by atoms with van der Waals surface area (Å²) < 4.78 is 10.0. The van der Waals surface area contributed by atoms with Gasteiger partial charge in [0.1, 0.15) is 6.04 Å². The number of carboxylic acid groups (broad SMARTS) is 1. The Balaban J connectivity index is 1.47. The number of hydrogen-bond acceptors (Lipinski definition) is 9. The molecular formula is C15H19N5O5S. The summed E-state index contributed by atoms with van der Waals surface area (Å²) in [6, 6.07) is -0.702. The molecule has 0 radical (unpaired) electrons. The van der Waals surface area contributed by atoms with Crippen molar-refractivity contribution < 1.29 is 24.0 Å². The Kier molecular flexibility index (Phi) is 4.37. The van der Waals surface area contributed by atoms with Crippen LogP contribution in [0.1, 0.15) is 24.2 Å². The van der Waals surface area contributed by atoms with Crippen LogP contribution < -0.4 is 11.1 Å². The Bertz CT molecular complexity index is 780. The third-order valence-corrected chi connectivity index (χ3v) is 6.03. The van der Waals surface area contributed by atoms with Gasteiger partial charge < -0.3 is 25.4 Å². The van der Waals surface area contributed by atoms with E-state index in [1.807, 2.05) is 0 Å². The summed E-state index contributed by atoms with van der Waals surface area (Å²) >= 11 is 1.53. The molecule has 0 saturated carbocycles. The number of aromatic nitrogens is 2. The normalized spacial score (nSPS) is 28.0. The van der Waals surface area contributed by atoms with Crippen LogP contribution in [0.15, 0.2) is 16.0 Å². The Morgan fingerprint density at radius 3 is 3.12 bits per heavy atom. The molecule has 4 rings (SSSR count). The van der Waals surface area contributed by atoms with E-state index in [4.69, 9.17) is 20.1 Å². The number of carbonyl (C=O) groups is 2. The second kappa shape index (κ2) is 6.56. The molecule has 2 fully saturated rings. The SMILES string of the molecule is Cc1noc([C@@H](N)CSCC2=C(OC(=O)O)N3C(=O)[C@H]4NCCC2[C@H]43)n1. The van der Waals surface area contributed by atoms with Crippen LogP contribution in [0.3, 0.4) is 0 Å². The minimum absolute atomic E-state index is 0.0477. The number of carbonyl (C=O) groups excluding carboxylic acids is 1. The maximum Gasteiger partial charge on any atom is 0.512 e. The number of nitrogens with two attached hydrogens (primary N) is 1. The first-order valence-corrected chi connectivity index (χ1v) is 9.46. The Morgan fingerprint density at radius 1 is 1.62 bits per heavy atom. The lowest BCUT2D eigenvalue weighted by Gasteiger charge is -2.48. The fourth-order valence-electron chi connectivity index (χ4n) is 3.82. The van der Waals surface area contributed by atoms with Gasteiger partial charge in [-0.25, -0.2) is 4.79 Å². The van der Waals surface area contributed by atoms with Crippen molar-refractivity contribution in [2.24, 2.45) is 11.7 Å². The van der Waals surface area contributed by atoms with Gasteiger partial charge in [-0.2, -0.15) is 16.7 Å². The third-order valence-electron chi connectivity index (χ3n) is 4.92. The lowest BCUT2D eigenvalue weighted by atomic mass is 9.80. The number of nitrogens with one attached hydrogen (secondary N) is 1. The second-order valence-corrected chi connectivity index (χ2v) is 7.56. The average molecular weight is 381 g/mol. The Morgan fingerprint density at radius 2 is 2.42 bits per heavy atom. The number of β-lactam (4-membered cyclic amide) rings is 1. The predicted octanol–water partition coefficient (Wildman–Crippen LogP) is 0.220. The molecule has 4 atom stereocenters. The first-order valence-electron chi connectivity index (χ1n) is 8.31. The molecule has 140 valence electrons. The average Bonchev–Trinajstić information content (AvgIpc) is 3.15. The first kappa shape index (κ1) is 17.3. The molecule has 2 saturated heterocycles. The van der Waals surface area contributed by atoms with Gasteiger partial charge in [-0.05, 0) is 19.9 Å². The molecule has 4 heterocycles. The highest BCUT2D eigenvalue weighted by molar-refractivity contribution is 7.99. The van der Waals surface area contributed by atoms with Crippen LogP contribution in [0.2, 0.25) is 0 Å². The highest BCUT2D eigenvalue weighted by atomic mass is 32.2. The van der Waals surface area contributed by atoms with E-state index < -0.39 is 12.2 Å². The van der Waals surface area contributed by atoms with Crippen LogP contribution in [0.4, 0.5) is 4.79 Å². The van der Waals surface area contributed by atoms with Crippen molar-refractivity contribution in [2.75, 3.05) is 18.1 Å². The molecule has 1 amide bonds. The molecule has 1 unspecified atom stereocenters. The number of amides is 1. The van der Waals surface area contributed by atoms with E-state index in [1.165, 1.54) is 16.7 Å². The molecule has 10 nitrogen and oxygen atoms in total. The summed E-state index contributed by atoms with van der Waals surface area (Å²) in [4.78, 5) is 28.9. The molecule has 4 N–H and O–H groups in total. The van der Waals surface area contributed by atoms with Crippen LogP contribution in [0, 0.1) is 12.8 Å². The van der Waals surface area contributed by atoms with Crippen LogP contribution in [-0.2, 0) is 9.53 Å². The third kappa shape index (κ3) is 2.75. The van der Waals surface area contributed by atoms with E-state index in [0.717, 1.165) is 18.5 Å². The lowest BCUT2D eigenvalue weighted by Crippen LogP contribution is -2.71.